The van der Waals surface area contributed by atoms with Crippen LogP contribution in [0.15, 0.2) is 41.4 Å². The number of halogens is 1. The lowest BCUT2D eigenvalue weighted by Gasteiger charge is -2.06. The van der Waals surface area contributed by atoms with Crippen LogP contribution in [0.4, 0.5) is 0 Å². The van der Waals surface area contributed by atoms with Crippen molar-refractivity contribution in [3.05, 3.63) is 58.4 Å². The third kappa shape index (κ3) is 3.48. The highest BCUT2D eigenvalue weighted by Gasteiger charge is 2.16. The zero-order valence-electron chi connectivity index (χ0n) is 14.1. The summed E-state index contributed by atoms with van der Waals surface area (Å²) in [4.78, 5) is 5.25. The molecule has 0 amide bonds. The van der Waals surface area contributed by atoms with Gasteiger partial charge in [0.05, 0.1) is 9.92 Å². The summed E-state index contributed by atoms with van der Waals surface area (Å²) in [5.41, 5.74) is 3.59. The Kier molecular flexibility index (Phi) is 5.60. The third-order valence-electron chi connectivity index (χ3n) is 3.40. The Bertz CT molecular complexity index is 854. The van der Waals surface area contributed by atoms with Gasteiger partial charge in [-0.25, -0.2) is 13.2 Å². The lowest BCUT2D eigenvalue weighted by Crippen LogP contribution is -2.04. The minimum Gasteiger partial charge on any atom is -0.246 e. The fourth-order valence-electron chi connectivity index (χ4n) is 2.34. The molecule has 2 aromatic heterocycles. The normalized spacial score (nSPS) is 11.9. The molecular weight excluding hydrogens is 328 g/mol. The molecule has 0 aliphatic heterocycles. The highest BCUT2D eigenvalue weighted by molar-refractivity contribution is 7.83. The smallest absolute Gasteiger partial charge is 0.158 e. The second kappa shape index (κ2) is 7.28. The van der Waals surface area contributed by atoms with Crippen molar-refractivity contribution < 1.29 is 4.21 Å². The first-order chi connectivity index (χ1) is 11.0. The Morgan fingerprint density at radius 1 is 1.09 bits per heavy atom. The molecule has 0 aliphatic carbocycles. The fraction of sp³-hybridized carbons (Fsp3) is 0.278. The zero-order valence-corrected chi connectivity index (χ0v) is 15.6. The van der Waals surface area contributed by atoms with Crippen LogP contribution >= 0.6 is 11.6 Å². The largest absolute Gasteiger partial charge is 0.246 e. The van der Waals surface area contributed by atoms with Crippen LogP contribution < -0.4 is 0 Å². The van der Waals surface area contributed by atoms with Crippen LogP contribution in [0.1, 0.15) is 30.7 Å². The molecule has 0 saturated carbocycles. The predicted molar refractivity (Wildman–Crippen MR) is 98.6 cm³/mol. The van der Waals surface area contributed by atoms with Crippen LogP contribution in [0.3, 0.4) is 0 Å². The van der Waals surface area contributed by atoms with Gasteiger partial charge < -0.3 is 0 Å². The Labute approximate surface area is 144 Å². The van der Waals surface area contributed by atoms with E-state index in [1.807, 2.05) is 71.1 Å². The third-order valence-corrected chi connectivity index (χ3v) is 5.00. The van der Waals surface area contributed by atoms with Crippen molar-refractivity contribution in [2.75, 3.05) is 0 Å². The van der Waals surface area contributed by atoms with Crippen LogP contribution in [0, 0.1) is 20.8 Å². The summed E-state index contributed by atoms with van der Waals surface area (Å²) in [6.45, 7) is 9.84. The molecule has 3 rings (SSSR count). The minimum atomic E-state index is -1.33. The molecule has 0 radical (unpaired) electrons. The first-order valence-corrected chi connectivity index (χ1v) is 9.09. The summed E-state index contributed by atoms with van der Waals surface area (Å²) < 4.78 is 14.5. The van der Waals surface area contributed by atoms with Gasteiger partial charge in [0.15, 0.2) is 16.6 Å². The number of hydrogen-bond donors (Lipinski definition) is 0. The number of benzene rings is 1. The number of aryl methyl sites for hydroxylation is 3. The maximum Gasteiger partial charge on any atom is 0.158 e. The number of pyridine rings is 1. The van der Waals surface area contributed by atoms with Crippen LogP contribution in [0.2, 0.25) is 5.02 Å². The molecular formula is C18H21ClN2OS. The first kappa shape index (κ1) is 17.7. The highest BCUT2D eigenvalue weighted by atomic mass is 35.5. The van der Waals surface area contributed by atoms with Crippen molar-refractivity contribution in [1.82, 2.24) is 8.96 Å². The monoisotopic (exact) mass is 348 g/mol. The summed E-state index contributed by atoms with van der Waals surface area (Å²) >= 11 is 6.30. The Hall–Kier alpha value is -1.65. The van der Waals surface area contributed by atoms with Gasteiger partial charge in [-0.15, -0.1) is 0 Å². The van der Waals surface area contributed by atoms with Gasteiger partial charge in [-0.05, 0) is 44.5 Å². The van der Waals surface area contributed by atoms with Crippen molar-refractivity contribution in [1.29, 1.82) is 0 Å². The SMILES string of the molecule is CC.Cc1ccc(S(=O)n2cc(C)c3c(Cl)cc(C)nc32)cc1. The average molecular weight is 349 g/mol. The van der Waals surface area contributed by atoms with Crippen LogP contribution in [0.5, 0.6) is 0 Å². The molecule has 1 atom stereocenters. The summed E-state index contributed by atoms with van der Waals surface area (Å²) in [7, 11) is -1.33. The second-order valence-electron chi connectivity index (χ2n) is 5.14. The van der Waals surface area contributed by atoms with E-state index in [1.165, 1.54) is 0 Å². The van der Waals surface area contributed by atoms with Crippen molar-refractivity contribution in [2.45, 2.75) is 39.5 Å². The number of aromatic nitrogens is 2. The Morgan fingerprint density at radius 3 is 2.30 bits per heavy atom. The van der Waals surface area contributed by atoms with E-state index in [1.54, 1.807) is 3.97 Å². The van der Waals surface area contributed by atoms with E-state index in [0.29, 0.717) is 10.7 Å². The van der Waals surface area contributed by atoms with Crippen molar-refractivity contribution >= 4 is 33.6 Å². The van der Waals surface area contributed by atoms with Crippen LogP contribution in [-0.4, -0.2) is 13.2 Å². The van der Waals surface area contributed by atoms with Crippen LogP contribution in [0.25, 0.3) is 11.0 Å². The van der Waals surface area contributed by atoms with Gasteiger partial charge in [-0.3, -0.25) is 0 Å². The maximum atomic E-state index is 12.8. The van der Waals surface area contributed by atoms with E-state index in [4.69, 9.17) is 11.6 Å². The maximum absolute atomic E-state index is 12.8. The molecule has 2 heterocycles. The van der Waals surface area contributed by atoms with Gasteiger partial charge in [0, 0.05) is 17.3 Å². The van der Waals surface area contributed by atoms with Crippen LogP contribution in [-0.2, 0) is 11.0 Å². The molecule has 5 heteroatoms. The lowest BCUT2D eigenvalue weighted by atomic mass is 10.2. The topological polar surface area (TPSA) is 34.9 Å². The van der Waals surface area contributed by atoms with E-state index in [-0.39, 0.29) is 0 Å². The van der Waals surface area contributed by atoms with Gasteiger partial charge in [0.25, 0.3) is 0 Å². The van der Waals surface area contributed by atoms with Gasteiger partial charge in [-0.2, -0.15) is 0 Å². The number of nitrogens with zero attached hydrogens (tertiary/aromatic N) is 2. The van der Waals surface area contributed by atoms with E-state index in [2.05, 4.69) is 4.98 Å². The van der Waals surface area contributed by atoms with E-state index >= 15 is 0 Å². The van der Waals surface area contributed by atoms with Gasteiger partial charge in [0.1, 0.15) is 0 Å². The molecule has 122 valence electrons. The number of fused-ring (bicyclic) bond motifs is 1. The van der Waals surface area contributed by atoms with Crippen molar-refractivity contribution in [3.63, 3.8) is 0 Å². The standard InChI is InChI=1S/C16H15ClN2OS.C2H6/c1-10-4-6-13(7-5-10)21(20)19-9-11(2)15-14(17)8-12(3)18-16(15)19;1-2/h4-9H,1-3H3;1-2H3. The fourth-order valence-corrected chi connectivity index (χ4v) is 3.87. The van der Waals surface area contributed by atoms with Gasteiger partial charge >= 0.3 is 0 Å². The van der Waals surface area contributed by atoms with E-state index in [9.17, 15) is 4.21 Å². The summed E-state index contributed by atoms with van der Waals surface area (Å²) in [6.07, 6.45) is 1.85. The van der Waals surface area contributed by atoms with Crippen molar-refractivity contribution in [3.8, 4) is 0 Å². The molecule has 23 heavy (non-hydrogen) atoms. The van der Waals surface area contributed by atoms with Crippen molar-refractivity contribution in [2.24, 2.45) is 0 Å². The average Bonchev–Trinajstić information content (AvgIpc) is 2.86. The molecule has 0 aliphatic rings. The summed E-state index contributed by atoms with van der Waals surface area (Å²) in [5, 5.41) is 1.51. The minimum absolute atomic E-state index is 0.648. The highest BCUT2D eigenvalue weighted by Crippen LogP contribution is 2.29. The summed E-state index contributed by atoms with van der Waals surface area (Å²) in [5.74, 6) is 0. The second-order valence-corrected chi connectivity index (χ2v) is 6.91. The number of rotatable bonds is 2. The molecule has 0 saturated heterocycles. The van der Waals surface area contributed by atoms with Gasteiger partial charge in [0.2, 0.25) is 0 Å². The summed E-state index contributed by atoms with van der Waals surface area (Å²) in [6, 6.07) is 9.50. The van der Waals surface area contributed by atoms with E-state index in [0.717, 1.165) is 27.1 Å². The molecule has 1 unspecified atom stereocenters. The predicted octanol–water partition coefficient (Wildman–Crippen LogP) is 5.21. The molecule has 0 spiro atoms. The molecule has 3 aromatic rings. The Morgan fingerprint density at radius 2 is 1.70 bits per heavy atom. The molecule has 3 nitrogen and oxygen atoms in total. The molecule has 0 fully saturated rings. The quantitative estimate of drug-likeness (QED) is 0.637. The van der Waals surface area contributed by atoms with E-state index < -0.39 is 11.0 Å². The molecule has 0 bridgehead atoms. The number of hydrogen-bond acceptors (Lipinski definition) is 2. The lowest BCUT2D eigenvalue weighted by molar-refractivity contribution is 0.678. The molecule has 1 aromatic carbocycles. The Balaban J connectivity index is 0.000000924. The first-order valence-electron chi connectivity index (χ1n) is 7.61. The zero-order chi connectivity index (χ0) is 17.1. The van der Waals surface area contributed by atoms with Gasteiger partial charge in [-0.1, -0.05) is 43.1 Å². The molecule has 0 N–H and O–H groups in total.